The molecule has 0 amide bonds. The molecule has 1 aromatic heterocycles. The van der Waals surface area contributed by atoms with Gasteiger partial charge < -0.3 is 24.0 Å². The lowest BCUT2D eigenvalue weighted by Gasteiger charge is -2.01. The van der Waals surface area contributed by atoms with Gasteiger partial charge in [0.25, 0.3) is 5.82 Å². The molecular formula is C15H21IN2. The predicted octanol–water partition coefficient (Wildman–Crippen LogP) is -0.0636. The minimum Gasteiger partial charge on any atom is -1.00 e. The fraction of sp³-hybridized carbons (Fsp3) is 0.400. The number of aryl methyl sites for hydroxylation is 1. The van der Waals surface area contributed by atoms with Gasteiger partial charge in [0.1, 0.15) is 18.9 Å². The van der Waals surface area contributed by atoms with Gasteiger partial charge >= 0.3 is 0 Å². The molecule has 2 nitrogen and oxygen atoms in total. The van der Waals surface area contributed by atoms with Crippen molar-refractivity contribution < 1.29 is 28.5 Å². The van der Waals surface area contributed by atoms with Gasteiger partial charge in [-0.05, 0) is 12.0 Å². The molecular weight excluding hydrogens is 335 g/mol. The number of aromatic nitrogens is 2. The summed E-state index contributed by atoms with van der Waals surface area (Å²) in [5, 5.41) is 0. The molecule has 0 saturated heterocycles. The van der Waals surface area contributed by atoms with Crippen molar-refractivity contribution >= 4 is 0 Å². The number of hydrogen-bond acceptors (Lipinski definition) is 0. The normalized spacial score (nSPS) is 10.1. The minimum atomic E-state index is 0. The van der Waals surface area contributed by atoms with E-state index >= 15 is 0 Å². The molecule has 0 aliphatic carbocycles. The second-order valence-corrected chi connectivity index (χ2v) is 4.51. The molecule has 1 heterocycles. The first-order chi connectivity index (χ1) is 8.31. The van der Waals surface area contributed by atoms with E-state index in [0.717, 1.165) is 13.1 Å². The average molecular weight is 356 g/mol. The van der Waals surface area contributed by atoms with Gasteiger partial charge in [-0.15, -0.1) is 0 Å². The van der Waals surface area contributed by atoms with E-state index in [9.17, 15) is 0 Å². The number of benzene rings is 1. The summed E-state index contributed by atoms with van der Waals surface area (Å²) in [4.78, 5) is 0. The van der Waals surface area contributed by atoms with Crippen molar-refractivity contribution in [3.05, 3.63) is 54.1 Å². The molecule has 0 spiro atoms. The van der Waals surface area contributed by atoms with Gasteiger partial charge in [-0.25, -0.2) is 9.13 Å². The van der Waals surface area contributed by atoms with Gasteiger partial charge in [0.2, 0.25) is 0 Å². The molecule has 0 aliphatic heterocycles. The number of rotatable bonds is 5. The first-order valence-corrected chi connectivity index (χ1v) is 6.40. The second-order valence-electron chi connectivity index (χ2n) is 4.51. The predicted molar refractivity (Wildman–Crippen MR) is 69.8 cm³/mol. The van der Waals surface area contributed by atoms with Crippen LogP contribution in [0.3, 0.4) is 0 Å². The Balaban J connectivity index is 0.00000162. The van der Waals surface area contributed by atoms with E-state index in [1.54, 1.807) is 0 Å². The van der Waals surface area contributed by atoms with Crippen molar-refractivity contribution in [3.63, 3.8) is 0 Å². The zero-order valence-electron chi connectivity index (χ0n) is 11.1. The third kappa shape index (κ3) is 3.83. The number of imidazole rings is 1. The van der Waals surface area contributed by atoms with Crippen LogP contribution in [0.15, 0.2) is 42.7 Å². The molecule has 0 radical (unpaired) electrons. The summed E-state index contributed by atoms with van der Waals surface area (Å²) in [7, 11) is 0. The molecule has 2 rings (SSSR count). The van der Waals surface area contributed by atoms with E-state index in [1.807, 2.05) is 0 Å². The SMILES string of the molecule is CCCCn1cc[n+](Cc2ccccc2)c1C.[I-]. The van der Waals surface area contributed by atoms with Gasteiger partial charge in [-0.2, -0.15) is 0 Å². The van der Waals surface area contributed by atoms with Gasteiger partial charge in [0.15, 0.2) is 0 Å². The average Bonchev–Trinajstić information content (AvgIpc) is 2.70. The lowest BCUT2D eigenvalue weighted by Crippen LogP contribution is -3.00. The maximum Gasteiger partial charge on any atom is 0.253 e. The van der Waals surface area contributed by atoms with Crippen LogP contribution >= 0.6 is 0 Å². The third-order valence-electron chi connectivity index (χ3n) is 3.21. The first kappa shape index (κ1) is 15.2. The molecule has 1 aromatic carbocycles. The summed E-state index contributed by atoms with van der Waals surface area (Å²) >= 11 is 0. The largest absolute Gasteiger partial charge is 1.00 e. The van der Waals surface area contributed by atoms with E-state index in [0.29, 0.717) is 0 Å². The first-order valence-electron chi connectivity index (χ1n) is 6.40. The Bertz CT molecular complexity index is 463. The maximum absolute atomic E-state index is 2.34. The monoisotopic (exact) mass is 356 g/mol. The summed E-state index contributed by atoms with van der Waals surface area (Å²) < 4.78 is 4.65. The Morgan fingerprint density at radius 1 is 1.17 bits per heavy atom. The molecule has 0 atom stereocenters. The zero-order chi connectivity index (χ0) is 12.1. The zero-order valence-corrected chi connectivity index (χ0v) is 13.3. The summed E-state index contributed by atoms with van der Waals surface area (Å²) in [6.07, 6.45) is 6.86. The highest BCUT2D eigenvalue weighted by molar-refractivity contribution is 5.13. The third-order valence-corrected chi connectivity index (χ3v) is 3.21. The smallest absolute Gasteiger partial charge is 0.253 e. The van der Waals surface area contributed by atoms with Crippen molar-refractivity contribution in [2.24, 2.45) is 0 Å². The lowest BCUT2D eigenvalue weighted by atomic mass is 10.2. The van der Waals surface area contributed by atoms with E-state index in [-0.39, 0.29) is 24.0 Å². The highest BCUT2D eigenvalue weighted by Gasteiger charge is 2.11. The van der Waals surface area contributed by atoms with Crippen LogP contribution in [0.1, 0.15) is 31.2 Å². The highest BCUT2D eigenvalue weighted by atomic mass is 127. The van der Waals surface area contributed by atoms with Crippen molar-refractivity contribution in [2.75, 3.05) is 0 Å². The Morgan fingerprint density at radius 2 is 1.89 bits per heavy atom. The molecule has 0 aliphatic rings. The molecule has 0 unspecified atom stereocenters. The van der Waals surface area contributed by atoms with Gasteiger partial charge in [-0.3, -0.25) is 0 Å². The van der Waals surface area contributed by atoms with E-state index in [4.69, 9.17) is 0 Å². The van der Waals surface area contributed by atoms with Crippen LogP contribution in [0, 0.1) is 6.92 Å². The highest BCUT2D eigenvalue weighted by Crippen LogP contribution is 2.02. The number of halogens is 1. The second kappa shape index (κ2) is 7.56. The maximum atomic E-state index is 2.34. The molecule has 3 heteroatoms. The van der Waals surface area contributed by atoms with E-state index < -0.39 is 0 Å². The minimum absolute atomic E-state index is 0. The Morgan fingerprint density at radius 3 is 2.56 bits per heavy atom. The van der Waals surface area contributed by atoms with Crippen LogP contribution in [0.25, 0.3) is 0 Å². The van der Waals surface area contributed by atoms with Crippen molar-refractivity contribution in [3.8, 4) is 0 Å². The summed E-state index contributed by atoms with van der Waals surface area (Å²) in [6, 6.07) is 10.6. The molecule has 0 bridgehead atoms. The Hall–Kier alpha value is -0.840. The fourth-order valence-corrected chi connectivity index (χ4v) is 2.05. The molecule has 98 valence electrons. The fourth-order valence-electron chi connectivity index (χ4n) is 2.05. The quantitative estimate of drug-likeness (QED) is 0.524. The van der Waals surface area contributed by atoms with Crippen LogP contribution < -0.4 is 28.5 Å². The Kier molecular flexibility index (Phi) is 6.39. The molecule has 0 N–H and O–H groups in total. The lowest BCUT2D eigenvalue weighted by molar-refractivity contribution is -0.694. The van der Waals surface area contributed by atoms with Crippen molar-refractivity contribution in [1.29, 1.82) is 0 Å². The summed E-state index contributed by atoms with van der Waals surface area (Å²) in [5.74, 6) is 1.34. The standard InChI is InChI=1S/C15H21N2.HI/c1-3-4-10-16-11-12-17(14(16)2)13-15-8-6-5-7-9-15;/h5-9,11-12H,3-4,10,13H2,1-2H3;1H/q+1;/p-1. The van der Waals surface area contributed by atoms with E-state index in [1.165, 1.54) is 24.2 Å². The van der Waals surface area contributed by atoms with Gasteiger partial charge in [-0.1, -0.05) is 43.7 Å². The van der Waals surface area contributed by atoms with E-state index in [2.05, 4.69) is 65.7 Å². The van der Waals surface area contributed by atoms with Crippen LogP contribution in [-0.2, 0) is 13.1 Å². The molecule has 2 aromatic rings. The Labute approximate surface area is 127 Å². The van der Waals surface area contributed by atoms with Crippen LogP contribution in [0.4, 0.5) is 0 Å². The van der Waals surface area contributed by atoms with Crippen molar-refractivity contribution in [2.45, 2.75) is 39.8 Å². The number of hydrogen-bond donors (Lipinski definition) is 0. The number of nitrogens with zero attached hydrogens (tertiary/aromatic N) is 2. The molecule has 0 fully saturated rings. The van der Waals surface area contributed by atoms with Crippen LogP contribution in [-0.4, -0.2) is 4.57 Å². The summed E-state index contributed by atoms with van der Waals surface area (Å²) in [5.41, 5.74) is 1.36. The topological polar surface area (TPSA) is 8.81 Å². The van der Waals surface area contributed by atoms with Gasteiger partial charge in [0, 0.05) is 6.92 Å². The van der Waals surface area contributed by atoms with Crippen LogP contribution in [0.2, 0.25) is 0 Å². The molecule has 0 saturated carbocycles. The van der Waals surface area contributed by atoms with Gasteiger partial charge in [0.05, 0.1) is 6.54 Å². The van der Waals surface area contributed by atoms with Crippen molar-refractivity contribution in [1.82, 2.24) is 4.57 Å². The van der Waals surface area contributed by atoms with Crippen LogP contribution in [0.5, 0.6) is 0 Å². The summed E-state index contributed by atoms with van der Waals surface area (Å²) in [6.45, 7) is 6.52. The number of unbranched alkanes of at least 4 members (excludes halogenated alkanes) is 1. The molecule has 18 heavy (non-hydrogen) atoms.